The zero-order chi connectivity index (χ0) is 29.2. The Morgan fingerprint density at radius 2 is 1.83 bits per heavy atom. The van der Waals surface area contributed by atoms with Crippen LogP contribution in [0.1, 0.15) is 63.4 Å². The summed E-state index contributed by atoms with van der Waals surface area (Å²) in [7, 11) is 1.43. The Hall–Kier alpha value is -2.65. The van der Waals surface area contributed by atoms with E-state index in [0.29, 0.717) is 17.6 Å². The molecule has 1 saturated carbocycles. The number of ether oxygens (including phenoxy) is 3. The smallest absolute Gasteiger partial charge is 0.345 e. The predicted octanol–water partition coefficient (Wildman–Crippen LogP) is 4.21. The van der Waals surface area contributed by atoms with Crippen molar-refractivity contribution in [2.24, 2.45) is 23.7 Å². The summed E-state index contributed by atoms with van der Waals surface area (Å²) in [6.45, 7) is 0.134. The molecular formula is C34H45NO7. The van der Waals surface area contributed by atoms with Crippen molar-refractivity contribution in [2.75, 3.05) is 26.9 Å². The Balaban J connectivity index is 1.34. The van der Waals surface area contributed by atoms with E-state index in [9.17, 15) is 20.1 Å². The Bertz CT molecular complexity index is 1220. The molecule has 6 rings (SSSR count). The van der Waals surface area contributed by atoms with Crippen LogP contribution < -0.4 is 0 Å². The number of carbonyl (C=O) groups is 1. The summed E-state index contributed by atoms with van der Waals surface area (Å²) >= 11 is 0. The van der Waals surface area contributed by atoms with Gasteiger partial charge in [0.2, 0.25) is 5.76 Å². The highest BCUT2D eigenvalue weighted by atomic mass is 16.6. The SMILES string of the molecule is COC1=C(CO)C(=O)OC1=C1OC2=CCCN3[C@@H](C[C@H](Cc4ccccc4)C[C@H]3[C@@H](O)CC3CCCCC3)[C@H]2[C@@H]1CO. The number of nitrogens with zero attached hydrogens (tertiary/aromatic N) is 1. The number of aliphatic hydroxyl groups excluding tert-OH is 3. The van der Waals surface area contributed by atoms with Gasteiger partial charge < -0.3 is 29.5 Å². The van der Waals surface area contributed by atoms with Gasteiger partial charge in [0.1, 0.15) is 11.3 Å². The van der Waals surface area contributed by atoms with Crippen LogP contribution in [-0.4, -0.2) is 71.2 Å². The van der Waals surface area contributed by atoms with E-state index < -0.39 is 24.6 Å². The molecule has 0 bridgehead atoms. The van der Waals surface area contributed by atoms with Crippen molar-refractivity contribution in [1.29, 1.82) is 0 Å². The van der Waals surface area contributed by atoms with E-state index >= 15 is 0 Å². The monoisotopic (exact) mass is 579 g/mol. The average Bonchev–Trinajstić information content (AvgIpc) is 3.48. The van der Waals surface area contributed by atoms with Gasteiger partial charge in [-0.25, -0.2) is 4.79 Å². The molecular weight excluding hydrogens is 534 g/mol. The predicted molar refractivity (Wildman–Crippen MR) is 156 cm³/mol. The second kappa shape index (κ2) is 12.9. The summed E-state index contributed by atoms with van der Waals surface area (Å²) in [4.78, 5) is 15.0. The van der Waals surface area contributed by atoms with Crippen LogP contribution in [-0.2, 0) is 25.4 Å². The highest BCUT2D eigenvalue weighted by molar-refractivity contribution is 5.94. The largest absolute Gasteiger partial charge is 0.492 e. The van der Waals surface area contributed by atoms with E-state index in [1.165, 1.54) is 44.8 Å². The molecule has 4 aliphatic heterocycles. The van der Waals surface area contributed by atoms with Gasteiger partial charge in [0.25, 0.3) is 0 Å². The summed E-state index contributed by atoms with van der Waals surface area (Å²) in [6, 6.07) is 10.7. The van der Waals surface area contributed by atoms with Crippen LogP contribution in [0.3, 0.4) is 0 Å². The molecule has 228 valence electrons. The molecule has 0 spiro atoms. The Kier molecular flexibility index (Phi) is 9.05. The lowest BCUT2D eigenvalue weighted by molar-refractivity contribution is -0.134. The molecule has 5 aliphatic rings. The maximum Gasteiger partial charge on any atom is 0.345 e. The Morgan fingerprint density at radius 3 is 2.55 bits per heavy atom. The van der Waals surface area contributed by atoms with Crippen LogP contribution in [0.2, 0.25) is 0 Å². The second-order valence-electron chi connectivity index (χ2n) is 12.8. The van der Waals surface area contributed by atoms with Crippen molar-refractivity contribution < 1.29 is 34.3 Å². The van der Waals surface area contributed by atoms with E-state index in [2.05, 4.69) is 35.2 Å². The van der Waals surface area contributed by atoms with E-state index in [1.54, 1.807) is 0 Å². The van der Waals surface area contributed by atoms with Crippen molar-refractivity contribution in [3.63, 3.8) is 0 Å². The van der Waals surface area contributed by atoms with Gasteiger partial charge >= 0.3 is 5.97 Å². The second-order valence-corrected chi connectivity index (χ2v) is 12.8. The lowest BCUT2D eigenvalue weighted by atomic mass is 9.72. The van der Waals surface area contributed by atoms with Gasteiger partial charge in [-0.1, -0.05) is 62.4 Å². The maximum atomic E-state index is 12.5. The van der Waals surface area contributed by atoms with E-state index in [-0.39, 0.29) is 41.7 Å². The number of cyclic esters (lactones) is 1. The first-order chi connectivity index (χ1) is 20.5. The van der Waals surface area contributed by atoms with Gasteiger partial charge in [-0.3, -0.25) is 4.90 Å². The minimum atomic E-state index is -0.661. The number of hydrogen-bond donors (Lipinski definition) is 3. The number of fused-ring (bicyclic) bond motifs is 3. The lowest BCUT2D eigenvalue weighted by Gasteiger charge is -2.49. The standard InChI is InChI=1S/C34H45NO7/c1-40-31-25(20-37)34(39)42-33(31)32-24(19-36)30-27-17-23(15-21-9-4-2-5-10-21)16-26(35(27)14-8-13-29(30)41-32)28(38)18-22-11-6-3-7-12-22/h2,4-5,9-10,13,22-24,26-28,30,36-38H,3,6-8,11-12,14-20H2,1H3/t23-,24+,26+,27+,28+,30-/m1/s1. The molecule has 2 saturated heterocycles. The third-order valence-corrected chi connectivity index (χ3v) is 10.3. The lowest BCUT2D eigenvalue weighted by Crippen LogP contribution is -2.57. The minimum Gasteiger partial charge on any atom is -0.492 e. The first-order valence-corrected chi connectivity index (χ1v) is 15.8. The number of methoxy groups -OCH3 is 1. The van der Waals surface area contributed by atoms with E-state index in [4.69, 9.17) is 14.2 Å². The zero-order valence-electron chi connectivity index (χ0n) is 24.6. The maximum absolute atomic E-state index is 12.5. The Labute approximate surface area is 248 Å². The average molecular weight is 580 g/mol. The third-order valence-electron chi connectivity index (χ3n) is 10.3. The minimum absolute atomic E-state index is 0.0305. The number of piperidine rings is 1. The van der Waals surface area contributed by atoms with Crippen LogP contribution in [0.15, 0.2) is 65.0 Å². The van der Waals surface area contributed by atoms with Gasteiger partial charge in [-0.15, -0.1) is 0 Å². The fraction of sp³-hybridized carbons (Fsp3) is 0.618. The summed E-state index contributed by atoms with van der Waals surface area (Å²) in [5, 5.41) is 32.4. The molecule has 0 radical (unpaired) electrons. The summed E-state index contributed by atoms with van der Waals surface area (Å²) in [5.74, 6) is 1.17. The van der Waals surface area contributed by atoms with Crippen molar-refractivity contribution in [2.45, 2.75) is 82.4 Å². The summed E-state index contributed by atoms with van der Waals surface area (Å²) in [6.07, 6.45) is 12.3. The molecule has 4 heterocycles. The van der Waals surface area contributed by atoms with Gasteiger partial charge in [-0.2, -0.15) is 0 Å². The molecule has 6 atom stereocenters. The molecule has 0 unspecified atom stereocenters. The number of aliphatic hydroxyl groups is 3. The molecule has 3 N–H and O–H groups in total. The molecule has 0 amide bonds. The number of rotatable bonds is 8. The topological polar surface area (TPSA) is 109 Å². The van der Waals surface area contributed by atoms with Crippen molar-refractivity contribution >= 4 is 5.97 Å². The summed E-state index contributed by atoms with van der Waals surface area (Å²) < 4.78 is 17.5. The van der Waals surface area contributed by atoms with Gasteiger partial charge in [0, 0.05) is 24.5 Å². The molecule has 42 heavy (non-hydrogen) atoms. The zero-order valence-corrected chi connectivity index (χ0v) is 24.6. The van der Waals surface area contributed by atoms with Crippen LogP contribution >= 0.6 is 0 Å². The highest BCUT2D eigenvalue weighted by Gasteiger charge is 2.52. The fourth-order valence-corrected chi connectivity index (χ4v) is 8.37. The van der Waals surface area contributed by atoms with Crippen molar-refractivity contribution in [3.8, 4) is 0 Å². The van der Waals surface area contributed by atoms with Crippen molar-refractivity contribution in [3.05, 3.63) is 70.6 Å². The van der Waals surface area contributed by atoms with Crippen LogP contribution in [0.25, 0.3) is 0 Å². The summed E-state index contributed by atoms with van der Waals surface area (Å²) in [5.41, 5.74) is 1.35. The molecule has 1 aliphatic carbocycles. The quantitative estimate of drug-likeness (QED) is 0.393. The number of hydrogen-bond acceptors (Lipinski definition) is 8. The van der Waals surface area contributed by atoms with Gasteiger partial charge in [0.05, 0.1) is 32.3 Å². The normalized spacial score (nSPS) is 32.9. The van der Waals surface area contributed by atoms with E-state index in [0.717, 1.165) is 44.4 Å². The van der Waals surface area contributed by atoms with Crippen LogP contribution in [0, 0.1) is 23.7 Å². The molecule has 3 fully saturated rings. The van der Waals surface area contributed by atoms with Crippen LogP contribution in [0.5, 0.6) is 0 Å². The number of benzene rings is 1. The first-order valence-electron chi connectivity index (χ1n) is 15.8. The molecule has 8 heteroatoms. The van der Waals surface area contributed by atoms with E-state index in [1.807, 2.05) is 6.07 Å². The first kappa shape index (κ1) is 29.4. The van der Waals surface area contributed by atoms with Gasteiger partial charge in [-0.05, 0) is 55.6 Å². The number of carbonyl (C=O) groups excluding carboxylic acids is 1. The third kappa shape index (κ3) is 5.66. The van der Waals surface area contributed by atoms with Crippen LogP contribution in [0.4, 0.5) is 0 Å². The van der Waals surface area contributed by atoms with Gasteiger partial charge in [0.15, 0.2) is 11.5 Å². The highest BCUT2D eigenvalue weighted by Crippen LogP contribution is 2.50. The molecule has 1 aromatic carbocycles. The Morgan fingerprint density at radius 1 is 1.05 bits per heavy atom. The van der Waals surface area contributed by atoms with Crippen molar-refractivity contribution in [1.82, 2.24) is 4.90 Å². The molecule has 8 nitrogen and oxygen atoms in total. The fourth-order valence-electron chi connectivity index (χ4n) is 8.37. The number of esters is 1. The molecule has 1 aromatic rings. The molecule has 0 aromatic heterocycles.